The van der Waals surface area contributed by atoms with E-state index in [1.165, 1.54) is 25.7 Å². The summed E-state index contributed by atoms with van der Waals surface area (Å²) in [7, 11) is 0. The lowest BCUT2D eigenvalue weighted by molar-refractivity contribution is -0.305. The second kappa shape index (κ2) is 8.09. The summed E-state index contributed by atoms with van der Waals surface area (Å²) in [6.45, 7) is 4.36. The topological polar surface area (TPSA) is 40.1 Å². The van der Waals surface area contributed by atoms with Crippen molar-refractivity contribution in [1.82, 2.24) is 0 Å². The Morgan fingerprint density at radius 2 is 1.69 bits per heavy atom. The molecule has 0 spiro atoms. The molecule has 2 heteroatoms. The van der Waals surface area contributed by atoms with Crippen LogP contribution >= 0.6 is 0 Å². The van der Waals surface area contributed by atoms with Crippen LogP contribution in [0.3, 0.4) is 0 Å². The van der Waals surface area contributed by atoms with Gasteiger partial charge in [-0.1, -0.05) is 46.0 Å². The highest BCUT2D eigenvalue weighted by Gasteiger charge is 2.05. The minimum atomic E-state index is -0.910. The van der Waals surface area contributed by atoms with Crippen molar-refractivity contribution in [2.45, 2.75) is 58.8 Å². The number of carbonyl (C=O) groups excluding carboxylic acids is 1. The van der Waals surface area contributed by atoms with Gasteiger partial charge >= 0.3 is 0 Å². The number of rotatable bonds is 8. The van der Waals surface area contributed by atoms with Crippen molar-refractivity contribution in [1.29, 1.82) is 0 Å². The van der Waals surface area contributed by atoms with Gasteiger partial charge < -0.3 is 9.90 Å². The highest BCUT2D eigenvalue weighted by atomic mass is 16.4. The average molecular weight is 185 g/mol. The predicted octanol–water partition coefficient (Wildman–Crippen LogP) is 2.12. The molecule has 0 aromatic heterocycles. The molecule has 0 aliphatic carbocycles. The largest absolute Gasteiger partial charge is 0.550 e. The molecule has 0 amide bonds. The number of carboxylic acids is 1. The number of hydrogen-bond acceptors (Lipinski definition) is 2. The molecule has 0 aromatic carbocycles. The van der Waals surface area contributed by atoms with Crippen LogP contribution in [0.4, 0.5) is 0 Å². The highest BCUT2D eigenvalue weighted by molar-refractivity contribution is 5.64. The third kappa shape index (κ3) is 7.82. The van der Waals surface area contributed by atoms with Crippen molar-refractivity contribution in [3.8, 4) is 0 Å². The molecule has 0 radical (unpaired) electrons. The molecule has 0 aromatic rings. The molecule has 2 nitrogen and oxygen atoms in total. The van der Waals surface area contributed by atoms with Crippen molar-refractivity contribution in [2.75, 3.05) is 0 Å². The van der Waals surface area contributed by atoms with E-state index in [-0.39, 0.29) is 6.42 Å². The third-order valence-corrected chi connectivity index (χ3v) is 2.39. The zero-order valence-corrected chi connectivity index (χ0v) is 8.84. The molecule has 0 heterocycles. The van der Waals surface area contributed by atoms with Crippen molar-refractivity contribution in [3.05, 3.63) is 0 Å². The second-order valence-electron chi connectivity index (χ2n) is 3.71. The van der Waals surface area contributed by atoms with Gasteiger partial charge in [0.25, 0.3) is 0 Å². The Hall–Kier alpha value is -0.530. The standard InChI is InChI=1S/C11H22O2/c1-3-6-10(7-4-2)8-5-9-11(12)13/h10H,3-9H2,1-2H3,(H,12,13)/p-1. The van der Waals surface area contributed by atoms with Gasteiger partial charge in [-0.25, -0.2) is 0 Å². The lowest BCUT2D eigenvalue weighted by Gasteiger charge is -2.14. The van der Waals surface area contributed by atoms with Crippen LogP contribution in [0.25, 0.3) is 0 Å². The summed E-state index contributed by atoms with van der Waals surface area (Å²) in [5.41, 5.74) is 0. The van der Waals surface area contributed by atoms with E-state index in [1.807, 2.05) is 0 Å². The molecular formula is C11H21O2-. The van der Waals surface area contributed by atoms with E-state index < -0.39 is 5.97 Å². The van der Waals surface area contributed by atoms with Crippen molar-refractivity contribution >= 4 is 5.97 Å². The number of aliphatic carboxylic acids is 1. The van der Waals surface area contributed by atoms with Gasteiger partial charge in [-0.05, 0) is 18.8 Å². The van der Waals surface area contributed by atoms with E-state index in [1.54, 1.807) is 0 Å². The second-order valence-corrected chi connectivity index (χ2v) is 3.71. The van der Waals surface area contributed by atoms with Gasteiger partial charge in [0.1, 0.15) is 0 Å². The monoisotopic (exact) mass is 185 g/mol. The summed E-state index contributed by atoms with van der Waals surface area (Å²) in [4.78, 5) is 10.2. The van der Waals surface area contributed by atoms with E-state index in [9.17, 15) is 9.90 Å². The fourth-order valence-electron chi connectivity index (χ4n) is 1.78. The van der Waals surface area contributed by atoms with Crippen LogP contribution in [0.15, 0.2) is 0 Å². The van der Waals surface area contributed by atoms with Crippen molar-refractivity contribution in [3.63, 3.8) is 0 Å². The summed E-state index contributed by atoms with van der Waals surface area (Å²) in [6, 6.07) is 0. The maximum atomic E-state index is 10.2. The van der Waals surface area contributed by atoms with Crippen LogP contribution in [-0.4, -0.2) is 5.97 Å². The highest BCUT2D eigenvalue weighted by Crippen LogP contribution is 2.19. The Morgan fingerprint density at radius 1 is 1.15 bits per heavy atom. The number of carbonyl (C=O) groups is 1. The smallest absolute Gasteiger partial charge is 0.0414 e. The number of carboxylic acid groups (broad SMARTS) is 1. The summed E-state index contributed by atoms with van der Waals surface area (Å²) >= 11 is 0. The normalized spacial score (nSPS) is 10.7. The van der Waals surface area contributed by atoms with Gasteiger partial charge in [0.05, 0.1) is 0 Å². The summed E-state index contributed by atoms with van der Waals surface area (Å²) in [6.07, 6.45) is 6.94. The molecule has 0 bridgehead atoms. The molecular weight excluding hydrogens is 164 g/mol. The van der Waals surface area contributed by atoms with Gasteiger partial charge in [0.2, 0.25) is 0 Å². The zero-order chi connectivity index (χ0) is 10.1. The van der Waals surface area contributed by atoms with Gasteiger partial charge in [0, 0.05) is 5.97 Å². The fraction of sp³-hybridized carbons (Fsp3) is 0.909. The van der Waals surface area contributed by atoms with Gasteiger partial charge in [0.15, 0.2) is 0 Å². The number of hydrogen-bond donors (Lipinski definition) is 0. The minimum Gasteiger partial charge on any atom is -0.550 e. The third-order valence-electron chi connectivity index (χ3n) is 2.39. The zero-order valence-electron chi connectivity index (χ0n) is 8.84. The van der Waals surface area contributed by atoms with Gasteiger partial charge in [-0.3, -0.25) is 0 Å². The lowest BCUT2D eigenvalue weighted by Crippen LogP contribution is -2.21. The SMILES string of the molecule is CCCC(CCC)CCCC(=O)[O-]. The van der Waals surface area contributed by atoms with Crippen LogP contribution in [0.5, 0.6) is 0 Å². The molecule has 0 saturated heterocycles. The Balaban J connectivity index is 3.49. The van der Waals surface area contributed by atoms with Crippen LogP contribution in [0.1, 0.15) is 58.8 Å². The van der Waals surface area contributed by atoms with Crippen molar-refractivity contribution in [2.24, 2.45) is 5.92 Å². The first kappa shape index (κ1) is 12.5. The minimum absolute atomic E-state index is 0.226. The average Bonchev–Trinajstić information content (AvgIpc) is 2.04. The summed E-state index contributed by atoms with van der Waals surface area (Å²) in [5, 5.41) is 10.2. The van der Waals surface area contributed by atoms with Gasteiger partial charge in [-0.15, -0.1) is 0 Å². The molecule has 0 unspecified atom stereocenters. The molecule has 0 aliphatic heterocycles. The molecule has 0 rings (SSSR count). The van der Waals surface area contributed by atoms with E-state index in [4.69, 9.17) is 0 Å². The van der Waals surface area contributed by atoms with Gasteiger partial charge in [-0.2, -0.15) is 0 Å². The molecule has 0 saturated carbocycles. The molecule has 78 valence electrons. The van der Waals surface area contributed by atoms with Crippen LogP contribution in [0.2, 0.25) is 0 Å². The quantitative estimate of drug-likeness (QED) is 0.581. The van der Waals surface area contributed by atoms with E-state index in [2.05, 4.69) is 13.8 Å². The van der Waals surface area contributed by atoms with E-state index in [0.29, 0.717) is 0 Å². The lowest BCUT2D eigenvalue weighted by atomic mass is 9.93. The van der Waals surface area contributed by atoms with Crippen molar-refractivity contribution < 1.29 is 9.90 Å². The molecule has 0 fully saturated rings. The van der Waals surface area contributed by atoms with Crippen LogP contribution in [0, 0.1) is 5.92 Å². The Labute approximate surface area is 81.3 Å². The Kier molecular flexibility index (Phi) is 7.76. The maximum Gasteiger partial charge on any atom is 0.0414 e. The first-order valence-electron chi connectivity index (χ1n) is 5.40. The van der Waals surface area contributed by atoms with Crippen LogP contribution in [-0.2, 0) is 4.79 Å². The molecule has 0 N–H and O–H groups in total. The predicted molar refractivity (Wildman–Crippen MR) is 52.2 cm³/mol. The van der Waals surface area contributed by atoms with E-state index in [0.717, 1.165) is 18.8 Å². The first-order valence-corrected chi connectivity index (χ1v) is 5.40. The first-order chi connectivity index (χ1) is 6.20. The summed E-state index contributed by atoms with van der Waals surface area (Å²) in [5.74, 6) is -0.180. The Bertz CT molecular complexity index is 126. The van der Waals surface area contributed by atoms with Crippen LogP contribution < -0.4 is 5.11 Å². The fourth-order valence-corrected chi connectivity index (χ4v) is 1.78. The van der Waals surface area contributed by atoms with E-state index >= 15 is 0 Å². The summed E-state index contributed by atoms with van der Waals surface area (Å²) < 4.78 is 0. The molecule has 0 atom stereocenters. The maximum absolute atomic E-state index is 10.2. The molecule has 0 aliphatic rings. The molecule has 13 heavy (non-hydrogen) atoms. The Morgan fingerprint density at radius 3 is 2.08 bits per heavy atom.